The normalized spacial score (nSPS) is 16.4. The van der Waals surface area contributed by atoms with Crippen LogP contribution in [0.3, 0.4) is 0 Å². The first-order valence-corrected chi connectivity index (χ1v) is 4.81. The first kappa shape index (κ1) is 11.0. The second kappa shape index (κ2) is 6.66. The molecule has 0 aliphatic heterocycles. The Hall–Kier alpha value is -0.0400. The van der Waals surface area contributed by atoms with Gasteiger partial charge in [-0.2, -0.15) is 0 Å². The third kappa shape index (κ3) is 6.36. The SMILES string of the molecule is CCC[C@H](C)C[C@H](C)CCO. The summed E-state index contributed by atoms with van der Waals surface area (Å²) in [4.78, 5) is 0. The maximum absolute atomic E-state index is 8.68. The molecule has 0 fully saturated rings. The van der Waals surface area contributed by atoms with E-state index in [1.54, 1.807) is 0 Å². The minimum Gasteiger partial charge on any atom is -0.396 e. The average Bonchev–Trinajstić information content (AvgIpc) is 1.87. The van der Waals surface area contributed by atoms with E-state index in [1.807, 2.05) is 0 Å². The molecule has 1 nitrogen and oxygen atoms in total. The lowest BCUT2D eigenvalue weighted by Gasteiger charge is -2.15. The maximum atomic E-state index is 8.68. The molecule has 0 aliphatic carbocycles. The summed E-state index contributed by atoms with van der Waals surface area (Å²) in [5.74, 6) is 1.53. The smallest absolute Gasteiger partial charge is 0.0433 e. The van der Waals surface area contributed by atoms with Gasteiger partial charge in [0, 0.05) is 6.61 Å². The third-order valence-corrected chi connectivity index (χ3v) is 2.21. The summed E-state index contributed by atoms with van der Waals surface area (Å²) in [6, 6.07) is 0. The number of rotatable bonds is 6. The molecule has 0 bridgehead atoms. The van der Waals surface area contributed by atoms with Gasteiger partial charge in [-0.1, -0.05) is 33.6 Å². The molecule has 0 radical (unpaired) electrons. The number of hydrogen-bond acceptors (Lipinski definition) is 1. The van der Waals surface area contributed by atoms with Gasteiger partial charge in [-0.3, -0.25) is 0 Å². The van der Waals surface area contributed by atoms with Crippen molar-refractivity contribution in [2.24, 2.45) is 11.8 Å². The highest BCUT2D eigenvalue weighted by Crippen LogP contribution is 2.18. The molecule has 2 atom stereocenters. The van der Waals surface area contributed by atoms with E-state index in [4.69, 9.17) is 5.11 Å². The number of aliphatic hydroxyl groups excluding tert-OH is 1. The molecule has 0 rings (SSSR count). The highest BCUT2D eigenvalue weighted by Gasteiger charge is 2.06. The van der Waals surface area contributed by atoms with Gasteiger partial charge in [0.2, 0.25) is 0 Å². The molecule has 0 unspecified atom stereocenters. The lowest BCUT2D eigenvalue weighted by Crippen LogP contribution is -2.04. The molecule has 0 amide bonds. The van der Waals surface area contributed by atoms with E-state index < -0.39 is 0 Å². The maximum Gasteiger partial charge on any atom is 0.0433 e. The van der Waals surface area contributed by atoms with Gasteiger partial charge in [-0.25, -0.2) is 0 Å². The van der Waals surface area contributed by atoms with Crippen molar-refractivity contribution < 1.29 is 5.11 Å². The predicted molar refractivity (Wildman–Crippen MR) is 49.6 cm³/mol. The van der Waals surface area contributed by atoms with Crippen molar-refractivity contribution in [3.05, 3.63) is 0 Å². The van der Waals surface area contributed by atoms with Gasteiger partial charge in [0.05, 0.1) is 0 Å². The number of aliphatic hydroxyl groups is 1. The summed E-state index contributed by atoms with van der Waals surface area (Å²) in [5.41, 5.74) is 0. The van der Waals surface area contributed by atoms with Crippen molar-refractivity contribution >= 4 is 0 Å². The molecule has 0 spiro atoms. The van der Waals surface area contributed by atoms with Crippen LogP contribution < -0.4 is 0 Å². The molecular weight excluding hydrogens is 136 g/mol. The molecule has 1 N–H and O–H groups in total. The van der Waals surface area contributed by atoms with Gasteiger partial charge in [-0.05, 0) is 24.7 Å². The molecule has 0 heterocycles. The zero-order valence-electron chi connectivity index (χ0n) is 8.14. The molecular formula is C10H22O. The van der Waals surface area contributed by atoms with Crippen molar-refractivity contribution in [1.82, 2.24) is 0 Å². The van der Waals surface area contributed by atoms with E-state index in [2.05, 4.69) is 20.8 Å². The Kier molecular flexibility index (Phi) is 6.63. The monoisotopic (exact) mass is 158 g/mol. The Bertz CT molecular complexity index is 70.9. The van der Waals surface area contributed by atoms with Gasteiger partial charge in [0.25, 0.3) is 0 Å². The van der Waals surface area contributed by atoms with E-state index in [9.17, 15) is 0 Å². The fourth-order valence-corrected chi connectivity index (χ4v) is 1.64. The van der Waals surface area contributed by atoms with Gasteiger partial charge in [0.15, 0.2) is 0 Å². The Morgan fingerprint density at radius 1 is 1.09 bits per heavy atom. The molecule has 68 valence electrons. The molecule has 0 saturated carbocycles. The quantitative estimate of drug-likeness (QED) is 0.630. The lowest BCUT2D eigenvalue weighted by atomic mass is 9.92. The largest absolute Gasteiger partial charge is 0.396 e. The average molecular weight is 158 g/mol. The minimum absolute atomic E-state index is 0.347. The second-order valence-corrected chi connectivity index (χ2v) is 3.75. The molecule has 11 heavy (non-hydrogen) atoms. The van der Waals surface area contributed by atoms with Gasteiger partial charge >= 0.3 is 0 Å². The third-order valence-electron chi connectivity index (χ3n) is 2.21. The van der Waals surface area contributed by atoms with Crippen LogP contribution in [0.2, 0.25) is 0 Å². The fraction of sp³-hybridized carbons (Fsp3) is 1.00. The first-order chi connectivity index (χ1) is 5.20. The van der Waals surface area contributed by atoms with Crippen LogP contribution in [0.1, 0.15) is 46.5 Å². The van der Waals surface area contributed by atoms with E-state index in [0.29, 0.717) is 12.5 Å². The Balaban J connectivity index is 3.32. The van der Waals surface area contributed by atoms with E-state index in [-0.39, 0.29) is 0 Å². The molecule has 0 aromatic heterocycles. The van der Waals surface area contributed by atoms with E-state index in [1.165, 1.54) is 19.3 Å². The molecule has 0 aromatic carbocycles. The minimum atomic E-state index is 0.347. The second-order valence-electron chi connectivity index (χ2n) is 3.75. The summed E-state index contributed by atoms with van der Waals surface area (Å²) in [6.45, 7) is 7.10. The van der Waals surface area contributed by atoms with Crippen LogP contribution in [0.25, 0.3) is 0 Å². The first-order valence-electron chi connectivity index (χ1n) is 4.81. The van der Waals surface area contributed by atoms with Crippen LogP contribution in [0, 0.1) is 11.8 Å². The predicted octanol–water partition coefficient (Wildman–Crippen LogP) is 2.83. The Morgan fingerprint density at radius 3 is 2.09 bits per heavy atom. The summed E-state index contributed by atoms with van der Waals surface area (Å²) in [5, 5.41) is 8.68. The Labute approximate surface area is 70.8 Å². The van der Waals surface area contributed by atoms with Gasteiger partial charge in [0.1, 0.15) is 0 Å². The zero-order valence-corrected chi connectivity index (χ0v) is 8.14. The molecule has 0 aromatic rings. The van der Waals surface area contributed by atoms with E-state index in [0.717, 1.165) is 12.3 Å². The van der Waals surface area contributed by atoms with Crippen LogP contribution in [0.5, 0.6) is 0 Å². The van der Waals surface area contributed by atoms with Crippen LogP contribution in [-0.4, -0.2) is 11.7 Å². The molecule has 0 aliphatic rings. The van der Waals surface area contributed by atoms with Crippen molar-refractivity contribution in [2.75, 3.05) is 6.61 Å². The van der Waals surface area contributed by atoms with Crippen molar-refractivity contribution in [3.63, 3.8) is 0 Å². The summed E-state index contributed by atoms with van der Waals surface area (Å²) in [7, 11) is 0. The highest BCUT2D eigenvalue weighted by atomic mass is 16.2. The zero-order chi connectivity index (χ0) is 8.69. The van der Waals surface area contributed by atoms with Gasteiger partial charge in [-0.15, -0.1) is 0 Å². The van der Waals surface area contributed by atoms with E-state index >= 15 is 0 Å². The van der Waals surface area contributed by atoms with Crippen LogP contribution in [0.4, 0.5) is 0 Å². The summed E-state index contributed by atoms with van der Waals surface area (Å²) < 4.78 is 0. The number of hydrogen-bond donors (Lipinski definition) is 1. The molecule has 1 heteroatoms. The standard InChI is InChI=1S/C10H22O/c1-4-5-9(2)8-10(3)6-7-11/h9-11H,4-8H2,1-3H3/t9-,10+/m0/s1. The fourth-order valence-electron chi connectivity index (χ4n) is 1.64. The topological polar surface area (TPSA) is 20.2 Å². The van der Waals surface area contributed by atoms with Crippen molar-refractivity contribution in [3.8, 4) is 0 Å². The lowest BCUT2D eigenvalue weighted by molar-refractivity contribution is 0.246. The van der Waals surface area contributed by atoms with Crippen LogP contribution in [-0.2, 0) is 0 Å². The summed E-state index contributed by atoms with van der Waals surface area (Å²) in [6.07, 6.45) is 4.85. The Morgan fingerprint density at radius 2 is 1.64 bits per heavy atom. The van der Waals surface area contributed by atoms with Crippen molar-refractivity contribution in [2.45, 2.75) is 46.5 Å². The highest BCUT2D eigenvalue weighted by molar-refractivity contribution is 4.58. The summed E-state index contributed by atoms with van der Waals surface area (Å²) >= 11 is 0. The van der Waals surface area contributed by atoms with Crippen molar-refractivity contribution in [1.29, 1.82) is 0 Å². The molecule has 0 saturated heterocycles. The van der Waals surface area contributed by atoms with Crippen LogP contribution in [0.15, 0.2) is 0 Å². The van der Waals surface area contributed by atoms with Crippen LogP contribution >= 0.6 is 0 Å². The van der Waals surface area contributed by atoms with Gasteiger partial charge < -0.3 is 5.11 Å².